The highest BCUT2D eigenvalue weighted by atomic mass is 19.4. The van der Waals surface area contributed by atoms with E-state index in [-0.39, 0.29) is 24.8 Å². The number of nitrogens with zero attached hydrogens (tertiary/aromatic N) is 1. The maximum Gasteiger partial charge on any atom is 0.416 e. The number of amides is 2. The van der Waals surface area contributed by atoms with Gasteiger partial charge >= 0.3 is 6.18 Å². The van der Waals surface area contributed by atoms with E-state index in [2.05, 4.69) is 10.6 Å². The van der Waals surface area contributed by atoms with Crippen LogP contribution in [-0.4, -0.2) is 29.8 Å². The van der Waals surface area contributed by atoms with Gasteiger partial charge in [-0.15, -0.1) is 0 Å². The van der Waals surface area contributed by atoms with Crippen molar-refractivity contribution in [1.82, 2.24) is 15.5 Å². The number of carbonyl (C=O) groups excluding carboxylic acids is 2. The molecule has 8 heteroatoms. The Hall–Kier alpha value is -2.87. The summed E-state index contributed by atoms with van der Waals surface area (Å²) < 4.78 is 38.0. The molecule has 2 atom stereocenters. The molecule has 0 bridgehead atoms. The fraction of sp³-hybridized carbons (Fsp3) is 0.300. The fourth-order valence-corrected chi connectivity index (χ4v) is 3.11. The molecule has 1 aliphatic heterocycles. The van der Waals surface area contributed by atoms with Gasteiger partial charge in [0, 0.05) is 13.6 Å². The summed E-state index contributed by atoms with van der Waals surface area (Å²) in [6, 6.07) is 13.2. The zero-order valence-corrected chi connectivity index (χ0v) is 15.2. The van der Waals surface area contributed by atoms with Gasteiger partial charge in [0.25, 0.3) is 0 Å². The van der Waals surface area contributed by atoms with E-state index >= 15 is 0 Å². The maximum absolute atomic E-state index is 12.8. The molecule has 1 aliphatic rings. The monoisotopic (exact) mass is 391 g/mol. The van der Waals surface area contributed by atoms with Crippen molar-refractivity contribution < 1.29 is 22.8 Å². The quantitative estimate of drug-likeness (QED) is 0.843. The summed E-state index contributed by atoms with van der Waals surface area (Å²) in [7, 11) is 1.56. The van der Waals surface area contributed by atoms with E-state index in [9.17, 15) is 22.8 Å². The van der Waals surface area contributed by atoms with Gasteiger partial charge in [-0.05, 0) is 23.3 Å². The van der Waals surface area contributed by atoms with Crippen molar-refractivity contribution in [3.05, 3.63) is 71.3 Å². The van der Waals surface area contributed by atoms with Gasteiger partial charge in [-0.25, -0.2) is 0 Å². The summed E-state index contributed by atoms with van der Waals surface area (Å²) in [4.78, 5) is 26.2. The summed E-state index contributed by atoms with van der Waals surface area (Å²) in [5.74, 6) is -0.537. The third-order valence-electron chi connectivity index (χ3n) is 4.57. The predicted octanol–water partition coefficient (Wildman–Crippen LogP) is 2.84. The van der Waals surface area contributed by atoms with Crippen LogP contribution in [0, 0.1) is 0 Å². The van der Waals surface area contributed by atoms with Crippen LogP contribution >= 0.6 is 0 Å². The number of nitrogens with one attached hydrogen (secondary N) is 2. The van der Waals surface area contributed by atoms with Gasteiger partial charge in [-0.2, -0.15) is 13.2 Å². The number of carbonyl (C=O) groups is 2. The Kier molecular flexibility index (Phi) is 5.69. The molecule has 0 aliphatic carbocycles. The Balaban J connectivity index is 1.66. The summed E-state index contributed by atoms with van der Waals surface area (Å²) in [6.45, 7) is 0.146. The van der Waals surface area contributed by atoms with Crippen molar-refractivity contribution in [2.24, 2.45) is 0 Å². The maximum atomic E-state index is 12.8. The largest absolute Gasteiger partial charge is 0.416 e. The van der Waals surface area contributed by atoms with Gasteiger partial charge in [0.1, 0.15) is 6.17 Å². The minimum Gasteiger partial charge on any atom is -0.340 e. The molecule has 0 aromatic heterocycles. The van der Waals surface area contributed by atoms with Gasteiger partial charge in [-0.1, -0.05) is 42.5 Å². The zero-order valence-electron chi connectivity index (χ0n) is 15.2. The highest BCUT2D eigenvalue weighted by molar-refractivity contribution is 5.89. The molecule has 1 heterocycles. The van der Waals surface area contributed by atoms with Crippen molar-refractivity contribution in [2.75, 3.05) is 7.05 Å². The van der Waals surface area contributed by atoms with Crippen molar-refractivity contribution in [3.8, 4) is 0 Å². The summed E-state index contributed by atoms with van der Waals surface area (Å²) in [5.41, 5.74) is 0.670. The lowest BCUT2D eigenvalue weighted by molar-refractivity contribution is -0.138. The summed E-state index contributed by atoms with van der Waals surface area (Å²) >= 11 is 0. The Morgan fingerprint density at radius 1 is 1.11 bits per heavy atom. The number of hydrogen-bond acceptors (Lipinski definition) is 3. The molecule has 3 rings (SSSR count). The molecule has 2 aromatic carbocycles. The first-order valence-corrected chi connectivity index (χ1v) is 8.75. The van der Waals surface area contributed by atoms with E-state index in [1.165, 1.54) is 17.0 Å². The van der Waals surface area contributed by atoms with Crippen LogP contribution in [-0.2, 0) is 22.3 Å². The third kappa shape index (κ3) is 4.69. The number of hydrogen-bond donors (Lipinski definition) is 2. The van der Waals surface area contributed by atoms with E-state index < -0.39 is 23.9 Å². The number of alkyl halides is 3. The minimum atomic E-state index is -4.40. The van der Waals surface area contributed by atoms with Crippen LogP contribution in [0.3, 0.4) is 0 Å². The Bertz CT molecular complexity index is 838. The van der Waals surface area contributed by atoms with E-state index in [0.29, 0.717) is 5.56 Å². The molecule has 28 heavy (non-hydrogen) atoms. The molecule has 0 radical (unpaired) electrons. The van der Waals surface area contributed by atoms with Gasteiger partial charge in [0.2, 0.25) is 11.8 Å². The van der Waals surface area contributed by atoms with Crippen molar-refractivity contribution in [1.29, 1.82) is 0 Å². The molecule has 2 N–H and O–H groups in total. The normalized spacial score (nSPS) is 19.8. The molecule has 148 valence electrons. The van der Waals surface area contributed by atoms with Gasteiger partial charge < -0.3 is 10.2 Å². The zero-order chi connectivity index (χ0) is 20.3. The highest BCUT2D eigenvalue weighted by Gasteiger charge is 2.33. The third-order valence-corrected chi connectivity index (χ3v) is 4.57. The van der Waals surface area contributed by atoms with Crippen molar-refractivity contribution in [2.45, 2.75) is 31.3 Å². The first-order valence-electron chi connectivity index (χ1n) is 8.75. The highest BCUT2D eigenvalue weighted by Crippen LogP contribution is 2.29. The van der Waals surface area contributed by atoms with Gasteiger partial charge in [-0.3, -0.25) is 14.9 Å². The van der Waals surface area contributed by atoms with Crippen molar-refractivity contribution in [3.63, 3.8) is 0 Å². The first kappa shape index (κ1) is 19.9. The molecule has 0 saturated carbocycles. The van der Waals surface area contributed by atoms with E-state index in [4.69, 9.17) is 0 Å². The van der Waals surface area contributed by atoms with E-state index in [1.807, 2.05) is 30.3 Å². The lowest BCUT2D eigenvalue weighted by Crippen LogP contribution is -2.56. The molecule has 1 saturated heterocycles. The molecule has 0 spiro atoms. The molecule has 5 nitrogen and oxygen atoms in total. The average Bonchev–Trinajstić information content (AvgIpc) is 2.67. The lowest BCUT2D eigenvalue weighted by Gasteiger charge is -2.33. The van der Waals surface area contributed by atoms with E-state index in [0.717, 1.165) is 17.7 Å². The number of likely N-dealkylation sites (N-methyl/N-ethyl adjacent to an activating group) is 1. The van der Waals surface area contributed by atoms with E-state index in [1.54, 1.807) is 7.05 Å². The molecular weight excluding hydrogens is 371 g/mol. The van der Waals surface area contributed by atoms with Crippen LogP contribution in [0.2, 0.25) is 0 Å². The van der Waals surface area contributed by atoms with Crippen LogP contribution in [0.15, 0.2) is 54.6 Å². The average molecular weight is 391 g/mol. The Morgan fingerprint density at radius 2 is 1.75 bits per heavy atom. The molecule has 2 aromatic rings. The first-order chi connectivity index (χ1) is 13.2. The van der Waals surface area contributed by atoms with Crippen LogP contribution < -0.4 is 10.6 Å². The summed E-state index contributed by atoms with van der Waals surface area (Å²) in [5, 5.41) is 5.92. The number of benzene rings is 2. The van der Waals surface area contributed by atoms with Crippen LogP contribution in [0.25, 0.3) is 0 Å². The topological polar surface area (TPSA) is 61.4 Å². The van der Waals surface area contributed by atoms with Crippen LogP contribution in [0.1, 0.15) is 29.3 Å². The number of halogens is 3. The van der Waals surface area contributed by atoms with Crippen LogP contribution in [0.5, 0.6) is 0 Å². The second kappa shape index (κ2) is 8.02. The van der Waals surface area contributed by atoms with Gasteiger partial charge in [0.05, 0.1) is 18.0 Å². The molecular formula is C20H20F3N3O2. The lowest BCUT2D eigenvalue weighted by atomic mass is 10.0. The minimum absolute atomic E-state index is 0.000478. The summed E-state index contributed by atoms with van der Waals surface area (Å²) in [6.07, 6.45) is -4.87. The van der Waals surface area contributed by atoms with Crippen LogP contribution in [0.4, 0.5) is 13.2 Å². The standard InChI is InChI=1S/C20H20F3N3O2/c1-26(12-13-7-9-15(10-8-13)20(21,22)23)19(28)16-11-17(27)25-18(24-16)14-5-3-2-4-6-14/h2-10,16,18,24H,11-12H2,1H3,(H,25,27). The second-order valence-electron chi connectivity index (χ2n) is 6.72. The van der Waals surface area contributed by atoms with Crippen molar-refractivity contribution >= 4 is 11.8 Å². The Labute approximate surface area is 160 Å². The molecule has 1 fully saturated rings. The predicted molar refractivity (Wildman–Crippen MR) is 96.8 cm³/mol. The van der Waals surface area contributed by atoms with Gasteiger partial charge in [0.15, 0.2) is 0 Å². The second-order valence-corrected chi connectivity index (χ2v) is 6.72. The molecule has 2 unspecified atom stereocenters. The Morgan fingerprint density at radius 3 is 2.36 bits per heavy atom. The number of rotatable bonds is 4. The molecule has 2 amide bonds. The smallest absolute Gasteiger partial charge is 0.340 e. The SMILES string of the molecule is CN(Cc1ccc(C(F)(F)F)cc1)C(=O)C1CC(=O)NC(c2ccccc2)N1. The fourth-order valence-electron chi connectivity index (χ4n) is 3.11.